The summed E-state index contributed by atoms with van der Waals surface area (Å²) in [6, 6.07) is 6.27. The van der Waals surface area contributed by atoms with Gasteiger partial charge in [-0.15, -0.1) is 0 Å². The average Bonchev–Trinajstić information content (AvgIpc) is 2.16. The van der Waals surface area contributed by atoms with E-state index in [4.69, 9.17) is 10.4 Å². The van der Waals surface area contributed by atoms with Gasteiger partial charge in [0.05, 0.1) is 17.2 Å². The van der Waals surface area contributed by atoms with Gasteiger partial charge >= 0.3 is 5.97 Å². The molecule has 64 valence electrons. The maximum atomic E-state index is 10.6. The minimum absolute atomic E-state index is 0.106. The molecule has 13 heavy (non-hydrogen) atoms. The fourth-order valence-corrected chi connectivity index (χ4v) is 0.958. The SMILES string of the molecule is C=Cc1cc(C#N)cc(C(=O)O)c1. The third-order valence-corrected chi connectivity index (χ3v) is 1.57. The van der Waals surface area contributed by atoms with Crippen molar-refractivity contribution in [1.82, 2.24) is 0 Å². The smallest absolute Gasteiger partial charge is 0.335 e. The molecular weight excluding hydrogens is 166 g/mol. The van der Waals surface area contributed by atoms with Crippen molar-refractivity contribution in [1.29, 1.82) is 5.26 Å². The topological polar surface area (TPSA) is 61.1 Å². The second-order valence-electron chi connectivity index (χ2n) is 2.46. The summed E-state index contributed by atoms with van der Waals surface area (Å²) in [5.74, 6) is -1.04. The number of carboxylic acid groups (broad SMARTS) is 1. The van der Waals surface area contributed by atoms with Crippen molar-refractivity contribution in [3.8, 4) is 6.07 Å². The van der Waals surface area contributed by atoms with Crippen LogP contribution in [0.25, 0.3) is 6.08 Å². The lowest BCUT2D eigenvalue weighted by Gasteiger charge is -1.97. The number of nitrogens with zero attached hydrogens (tertiary/aromatic N) is 1. The monoisotopic (exact) mass is 173 g/mol. The molecule has 0 spiro atoms. The first kappa shape index (κ1) is 9.01. The summed E-state index contributed by atoms with van der Waals surface area (Å²) in [6.45, 7) is 3.50. The van der Waals surface area contributed by atoms with Crippen LogP contribution in [0.1, 0.15) is 21.5 Å². The van der Waals surface area contributed by atoms with Crippen LogP contribution in [-0.2, 0) is 0 Å². The maximum Gasteiger partial charge on any atom is 0.335 e. The van der Waals surface area contributed by atoms with Crippen molar-refractivity contribution in [2.24, 2.45) is 0 Å². The Morgan fingerprint density at radius 2 is 2.23 bits per heavy atom. The molecule has 0 amide bonds. The van der Waals surface area contributed by atoms with Crippen molar-refractivity contribution in [3.05, 3.63) is 41.5 Å². The van der Waals surface area contributed by atoms with E-state index in [9.17, 15) is 4.79 Å². The molecule has 0 radical (unpaired) electrons. The lowest BCUT2D eigenvalue weighted by molar-refractivity contribution is 0.0697. The summed E-state index contributed by atoms with van der Waals surface area (Å²) in [4.78, 5) is 10.6. The Morgan fingerprint density at radius 3 is 2.69 bits per heavy atom. The largest absolute Gasteiger partial charge is 0.478 e. The third-order valence-electron chi connectivity index (χ3n) is 1.57. The zero-order valence-electron chi connectivity index (χ0n) is 6.82. The van der Waals surface area contributed by atoms with E-state index in [1.807, 2.05) is 6.07 Å². The normalized spacial score (nSPS) is 8.85. The van der Waals surface area contributed by atoms with Gasteiger partial charge in [-0.3, -0.25) is 0 Å². The zero-order valence-corrected chi connectivity index (χ0v) is 6.82. The van der Waals surface area contributed by atoms with Crippen LogP contribution in [0.5, 0.6) is 0 Å². The maximum absolute atomic E-state index is 10.6. The van der Waals surface area contributed by atoms with Gasteiger partial charge in [-0.1, -0.05) is 12.7 Å². The standard InChI is InChI=1S/C10H7NO2/c1-2-7-3-8(6-11)5-9(4-7)10(12)13/h2-5H,1H2,(H,12,13). The van der Waals surface area contributed by atoms with Gasteiger partial charge < -0.3 is 5.11 Å². The molecular formula is C10H7NO2. The Morgan fingerprint density at radius 1 is 1.54 bits per heavy atom. The Hall–Kier alpha value is -2.08. The van der Waals surface area contributed by atoms with Crippen LogP contribution >= 0.6 is 0 Å². The summed E-state index contributed by atoms with van der Waals surface area (Å²) in [6.07, 6.45) is 1.51. The second-order valence-corrected chi connectivity index (χ2v) is 2.46. The summed E-state index contributed by atoms with van der Waals surface area (Å²) < 4.78 is 0. The van der Waals surface area contributed by atoms with Gasteiger partial charge in [0.2, 0.25) is 0 Å². The number of carbonyl (C=O) groups is 1. The van der Waals surface area contributed by atoms with Gasteiger partial charge in [0, 0.05) is 0 Å². The Balaban J connectivity index is 3.32. The van der Waals surface area contributed by atoms with Crippen molar-refractivity contribution < 1.29 is 9.90 Å². The fraction of sp³-hybridized carbons (Fsp3) is 0. The van der Waals surface area contributed by atoms with Crippen LogP contribution in [-0.4, -0.2) is 11.1 Å². The van der Waals surface area contributed by atoms with Crippen LogP contribution in [0, 0.1) is 11.3 Å². The summed E-state index contributed by atoms with van der Waals surface area (Å²) >= 11 is 0. The molecule has 0 aromatic heterocycles. The molecule has 0 aliphatic heterocycles. The van der Waals surface area contributed by atoms with E-state index in [0.29, 0.717) is 11.1 Å². The van der Waals surface area contributed by atoms with Crippen LogP contribution in [0.2, 0.25) is 0 Å². The first-order valence-corrected chi connectivity index (χ1v) is 3.58. The number of hydrogen-bond donors (Lipinski definition) is 1. The molecule has 0 fully saturated rings. The number of benzene rings is 1. The van der Waals surface area contributed by atoms with Crippen molar-refractivity contribution in [3.63, 3.8) is 0 Å². The number of hydrogen-bond acceptors (Lipinski definition) is 2. The molecule has 0 heterocycles. The summed E-state index contributed by atoms with van der Waals surface area (Å²) in [5, 5.41) is 17.3. The van der Waals surface area contributed by atoms with E-state index in [-0.39, 0.29) is 5.56 Å². The molecule has 3 heteroatoms. The van der Waals surface area contributed by atoms with E-state index in [2.05, 4.69) is 6.58 Å². The van der Waals surface area contributed by atoms with Crippen LogP contribution in [0.4, 0.5) is 0 Å². The fourth-order valence-electron chi connectivity index (χ4n) is 0.958. The molecule has 1 aromatic carbocycles. The Kier molecular flexibility index (Phi) is 2.46. The van der Waals surface area contributed by atoms with Gasteiger partial charge in [-0.05, 0) is 23.8 Å². The minimum atomic E-state index is -1.04. The molecule has 1 aromatic rings. The quantitative estimate of drug-likeness (QED) is 0.742. The lowest BCUT2D eigenvalue weighted by Crippen LogP contribution is -1.97. The van der Waals surface area contributed by atoms with Crippen LogP contribution in [0.15, 0.2) is 24.8 Å². The van der Waals surface area contributed by atoms with E-state index in [0.717, 1.165) is 0 Å². The second kappa shape index (κ2) is 3.55. The van der Waals surface area contributed by atoms with Crippen molar-refractivity contribution >= 4 is 12.0 Å². The lowest BCUT2D eigenvalue weighted by atomic mass is 10.1. The highest BCUT2D eigenvalue weighted by atomic mass is 16.4. The van der Waals surface area contributed by atoms with Gasteiger partial charge in [0.1, 0.15) is 0 Å². The molecule has 0 unspecified atom stereocenters. The van der Waals surface area contributed by atoms with Crippen molar-refractivity contribution in [2.75, 3.05) is 0 Å². The molecule has 0 atom stereocenters. The summed E-state index contributed by atoms with van der Waals surface area (Å²) in [7, 11) is 0. The number of carboxylic acids is 1. The molecule has 3 nitrogen and oxygen atoms in total. The highest BCUT2D eigenvalue weighted by molar-refractivity contribution is 5.88. The summed E-state index contributed by atoms with van der Waals surface area (Å²) in [5.41, 5.74) is 1.07. The Bertz CT molecular complexity index is 402. The first-order chi connectivity index (χ1) is 6.17. The van der Waals surface area contributed by atoms with E-state index < -0.39 is 5.97 Å². The van der Waals surface area contributed by atoms with E-state index >= 15 is 0 Å². The van der Waals surface area contributed by atoms with E-state index in [1.54, 1.807) is 6.07 Å². The van der Waals surface area contributed by atoms with Gasteiger partial charge in [0.25, 0.3) is 0 Å². The number of rotatable bonds is 2. The number of nitriles is 1. The molecule has 0 saturated carbocycles. The van der Waals surface area contributed by atoms with E-state index in [1.165, 1.54) is 18.2 Å². The molecule has 1 N–H and O–H groups in total. The molecule has 0 aliphatic carbocycles. The average molecular weight is 173 g/mol. The predicted molar refractivity (Wildman–Crippen MR) is 48.2 cm³/mol. The third kappa shape index (κ3) is 1.94. The number of aromatic carboxylic acids is 1. The van der Waals surface area contributed by atoms with Crippen LogP contribution < -0.4 is 0 Å². The first-order valence-electron chi connectivity index (χ1n) is 3.58. The zero-order chi connectivity index (χ0) is 9.84. The van der Waals surface area contributed by atoms with Gasteiger partial charge in [0.15, 0.2) is 0 Å². The van der Waals surface area contributed by atoms with Gasteiger partial charge in [-0.25, -0.2) is 4.79 Å². The minimum Gasteiger partial charge on any atom is -0.478 e. The Labute approximate surface area is 75.5 Å². The molecule has 1 rings (SSSR count). The predicted octanol–water partition coefficient (Wildman–Crippen LogP) is 1.90. The van der Waals surface area contributed by atoms with Crippen molar-refractivity contribution in [2.45, 2.75) is 0 Å². The van der Waals surface area contributed by atoms with Gasteiger partial charge in [-0.2, -0.15) is 5.26 Å². The highest BCUT2D eigenvalue weighted by Crippen LogP contribution is 2.10. The van der Waals surface area contributed by atoms with Crippen LogP contribution in [0.3, 0.4) is 0 Å². The molecule has 0 aliphatic rings. The molecule has 0 bridgehead atoms. The molecule has 0 saturated heterocycles. The highest BCUT2D eigenvalue weighted by Gasteiger charge is 2.04.